The smallest absolute Gasteiger partial charge is 0.0189 e. The second-order valence-electron chi connectivity index (χ2n) is 7.09. The molecule has 0 aliphatic carbocycles. The van der Waals surface area contributed by atoms with Crippen molar-refractivity contribution in [1.29, 1.82) is 0 Å². The maximum absolute atomic E-state index is 4.16. The summed E-state index contributed by atoms with van der Waals surface area (Å²) < 4.78 is 0. The van der Waals surface area contributed by atoms with Gasteiger partial charge >= 0.3 is 0 Å². The standard InChI is InChI=1S/C28H26P2/c1-2-15-28(29(24-16-7-3-8-17-24)25-18-9-4-10-19-25)30(26-20-11-5-12-21-26)27-22-13-6-14-23-27/h2-14,16-23,28H,1,15H2. The lowest BCUT2D eigenvalue weighted by atomic mass is 10.4. The van der Waals surface area contributed by atoms with Gasteiger partial charge in [0.15, 0.2) is 0 Å². The Morgan fingerprint density at radius 2 is 0.767 bits per heavy atom. The number of hydrogen-bond donors (Lipinski definition) is 0. The molecule has 0 fully saturated rings. The third kappa shape index (κ3) is 4.79. The Balaban J connectivity index is 1.91. The van der Waals surface area contributed by atoms with E-state index in [4.69, 9.17) is 0 Å². The maximum Gasteiger partial charge on any atom is 0.0189 e. The van der Waals surface area contributed by atoms with Crippen LogP contribution in [0.4, 0.5) is 0 Å². The summed E-state index contributed by atoms with van der Waals surface area (Å²) in [5, 5.41) is 6.21. The van der Waals surface area contributed by atoms with E-state index >= 15 is 0 Å². The third-order valence-corrected chi connectivity index (χ3v) is 11.5. The lowest BCUT2D eigenvalue weighted by Crippen LogP contribution is -2.27. The van der Waals surface area contributed by atoms with Crippen molar-refractivity contribution in [3.05, 3.63) is 134 Å². The van der Waals surface area contributed by atoms with Crippen molar-refractivity contribution in [2.75, 3.05) is 0 Å². The summed E-state index contributed by atoms with van der Waals surface area (Å²) >= 11 is 0. The van der Waals surface area contributed by atoms with Gasteiger partial charge in [0.25, 0.3) is 0 Å². The molecule has 0 bridgehead atoms. The second-order valence-corrected chi connectivity index (χ2v) is 12.3. The van der Waals surface area contributed by atoms with Crippen molar-refractivity contribution in [3.8, 4) is 0 Å². The van der Waals surface area contributed by atoms with Crippen LogP contribution in [0.15, 0.2) is 134 Å². The van der Waals surface area contributed by atoms with Gasteiger partial charge in [-0.15, -0.1) is 6.58 Å². The first-order chi connectivity index (χ1) is 14.9. The van der Waals surface area contributed by atoms with Crippen LogP contribution in [-0.4, -0.2) is 5.40 Å². The van der Waals surface area contributed by atoms with Crippen LogP contribution in [-0.2, 0) is 0 Å². The molecule has 0 nitrogen and oxygen atoms in total. The second kappa shape index (κ2) is 10.5. The van der Waals surface area contributed by atoms with Crippen LogP contribution in [0.25, 0.3) is 0 Å². The molecule has 2 heteroatoms. The summed E-state index contributed by atoms with van der Waals surface area (Å²) in [6.07, 6.45) is 3.11. The minimum atomic E-state index is -0.549. The highest BCUT2D eigenvalue weighted by atomic mass is 31.2. The highest BCUT2D eigenvalue weighted by molar-refractivity contribution is 7.89. The van der Waals surface area contributed by atoms with Crippen LogP contribution in [0, 0.1) is 0 Å². The van der Waals surface area contributed by atoms with Gasteiger partial charge in [-0.25, -0.2) is 0 Å². The third-order valence-electron chi connectivity index (χ3n) is 5.11. The lowest BCUT2D eigenvalue weighted by molar-refractivity contribution is 1.17. The molecule has 0 saturated carbocycles. The van der Waals surface area contributed by atoms with Gasteiger partial charge in [0.05, 0.1) is 0 Å². The molecule has 0 aliphatic heterocycles. The van der Waals surface area contributed by atoms with Crippen LogP contribution in [0.3, 0.4) is 0 Å². The minimum Gasteiger partial charge on any atom is -0.103 e. The Morgan fingerprint density at radius 3 is 1.00 bits per heavy atom. The molecule has 0 aromatic heterocycles. The Labute approximate surface area is 182 Å². The molecule has 4 aromatic rings. The molecule has 30 heavy (non-hydrogen) atoms. The van der Waals surface area contributed by atoms with Crippen molar-refractivity contribution >= 4 is 37.1 Å². The highest BCUT2D eigenvalue weighted by Crippen LogP contribution is 2.57. The number of rotatable bonds is 8. The fraction of sp³-hybridized carbons (Fsp3) is 0.0714. The van der Waals surface area contributed by atoms with Crippen molar-refractivity contribution < 1.29 is 0 Å². The SMILES string of the molecule is C=CCC(P(c1ccccc1)c1ccccc1)P(c1ccccc1)c1ccccc1. The summed E-state index contributed by atoms with van der Waals surface area (Å²) in [7, 11) is -1.10. The molecule has 0 spiro atoms. The average molecular weight is 424 g/mol. The lowest BCUT2D eigenvalue weighted by Gasteiger charge is -2.35. The molecule has 0 atom stereocenters. The van der Waals surface area contributed by atoms with Crippen LogP contribution >= 0.6 is 15.8 Å². The van der Waals surface area contributed by atoms with E-state index in [1.165, 1.54) is 21.2 Å². The van der Waals surface area contributed by atoms with Gasteiger partial charge in [0, 0.05) is 5.40 Å². The molecule has 0 aliphatic rings. The highest BCUT2D eigenvalue weighted by Gasteiger charge is 2.32. The fourth-order valence-electron chi connectivity index (χ4n) is 3.82. The predicted octanol–water partition coefficient (Wildman–Crippen LogP) is 6.15. The van der Waals surface area contributed by atoms with Crippen LogP contribution in [0.2, 0.25) is 0 Å². The number of hydrogen-bond acceptors (Lipinski definition) is 0. The Bertz CT molecular complexity index is 869. The van der Waals surface area contributed by atoms with Crippen LogP contribution in [0.5, 0.6) is 0 Å². The molecule has 0 saturated heterocycles. The molecule has 148 valence electrons. The van der Waals surface area contributed by atoms with Gasteiger partial charge in [-0.1, -0.05) is 127 Å². The Hall–Kier alpha value is -2.52. The first-order valence-corrected chi connectivity index (χ1v) is 13.1. The summed E-state index contributed by atoms with van der Waals surface area (Å²) in [6, 6.07) is 44.3. The van der Waals surface area contributed by atoms with E-state index in [1.54, 1.807) is 0 Å². The molecule has 0 radical (unpaired) electrons. The normalized spacial score (nSPS) is 11.2. The summed E-state index contributed by atoms with van der Waals surface area (Å²) in [6.45, 7) is 4.16. The zero-order valence-corrected chi connectivity index (χ0v) is 18.8. The molecule has 0 unspecified atom stereocenters. The largest absolute Gasteiger partial charge is 0.103 e. The van der Waals surface area contributed by atoms with Crippen molar-refractivity contribution in [3.63, 3.8) is 0 Å². The summed E-state index contributed by atoms with van der Waals surface area (Å²) in [4.78, 5) is 0. The van der Waals surface area contributed by atoms with Gasteiger partial charge in [0.2, 0.25) is 0 Å². The van der Waals surface area contributed by atoms with Gasteiger partial charge in [0.1, 0.15) is 0 Å². The quantitative estimate of drug-likeness (QED) is 0.235. The minimum absolute atomic E-state index is 0.474. The average Bonchev–Trinajstić information content (AvgIpc) is 2.82. The molecule has 0 N–H and O–H groups in total. The van der Waals surface area contributed by atoms with E-state index in [0.717, 1.165) is 6.42 Å². The topological polar surface area (TPSA) is 0 Å². The predicted molar refractivity (Wildman–Crippen MR) is 137 cm³/mol. The Kier molecular flexibility index (Phi) is 7.25. The fourth-order valence-corrected chi connectivity index (χ4v) is 11.0. The molecular formula is C28H26P2. The van der Waals surface area contributed by atoms with E-state index in [1.807, 2.05) is 0 Å². The molecule has 0 heterocycles. The first-order valence-electron chi connectivity index (χ1n) is 10.3. The molecule has 4 rings (SSSR count). The van der Waals surface area contributed by atoms with Crippen molar-refractivity contribution in [2.45, 2.75) is 11.8 Å². The monoisotopic (exact) mass is 424 g/mol. The van der Waals surface area contributed by atoms with E-state index < -0.39 is 15.8 Å². The molecule has 0 amide bonds. The zero-order chi connectivity index (χ0) is 20.6. The molecular weight excluding hydrogens is 398 g/mol. The van der Waals surface area contributed by atoms with Crippen LogP contribution < -0.4 is 21.2 Å². The van der Waals surface area contributed by atoms with Gasteiger partial charge < -0.3 is 0 Å². The van der Waals surface area contributed by atoms with E-state index in [9.17, 15) is 0 Å². The summed E-state index contributed by atoms with van der Waals surface area (Å²) in [5.41, 5.74) is 0. The van der Waals surface area contributed by atoms with Crippen molar-refractivity contribution in [2.24, 2.45) is 0 Å². The maximum atomic E-state index is 4.16. The van der Waals surface area contributed by atoms with Crippen LogP contribution in [0.1, 0.15) is 6.42 Å². The van der Waals surface area contributed by atoms with Gasteiger partial charge in [-0.05, 0) is 43.5 Å². The Morgan fingerprint density at radius 1 is 0.500 bits per heavy atom. The number of benzene rings is 4. The van der Waals surface area contributed by atoms with E-state index in [-0.39, 0.29) is 0 Å². The first kappa shape index (κ1) is 20.7. The zero-order valence-electron chi connectivity index (χ0n) is 17.0. The van der Waals surface area contributed by atoms with Gasteiger partial charge in [-0.2, -0.15) is 0 Å². The van der Waals surface area contributed by atoms with Crippen molar-refractivity contribution in [1.82, 2.24) is 0 Å². The molecule has 4 aromatic carbocycles. The van der Waals surface area contributed by atoms with E-state index in [0.29, 0.717) is 5.40 Å². The van der Waals surface area contributed by atoms with E-state index in [2.05, 4.69) is 134 Å². The summed E-state index contributed by atoms with van der Waals surface area (Å²) in [5.74, 6) is 0. The van der Waals surface area contributed by atoms with Gasteiger partial charge in [-0.3, -0.25) is 0 Å². The number of allylic oxidation sites excluding steroid dienone is 1.